The van der Waals surface area contributed by atoms with Crippen molar-refractivity contribution in [3.05, 3.63) is 59.7 Å². The Balaban J connectivity index is 1.57. The number of sulfonamides is 1. The van der Waals surface area contributed by atoms with Gasteiger partial charge in [-0.25, -0.2) is 8.42 Å². The second-order valence-electron chi connectivity index (χ2n) is 7.68. The zero-order chi connectivity index (χ0) is 22.0. The van der Waals surface area contributed by atoms with E-state index < -0.39 is 15.9 Å². The minimum absolute atomic E-state index is 0.0462. The van der Waals surface area contributed by atoms with E-state index in [1.165, 1.54) is 6.07 Å². The number of anilines is 1. The van der Waals surface area contributed by atoms with E-state index in [0.29, 0.717) is 28.6 Å². The van der Waals surface area contributed by atoms with Gasteiger partial charge >= 0.3 is 0 Å². The van der Waals surface area contributed by atoms with Crippen LogP contribution in [0.1, 0.15) is 42.1 Å². The molecule has 1 saturated heterocycles. The Kier molecular flexibility index (Phi) is 6.17. The Hall–Kier alpha value is -2.62. The lowest BCUT2D eigenvalue weighted by Crippen LogP contribution is -2.42. The van der Waals surface area contributed by atoms with E-state index in [9.17, 15) is 13.2 Å². The third kappa shape index (κ3) is 4.53. The molecule has 9 heteroatoms. The summed E-state index contributed by atoms with van der Waals surface area (Å²) in [4.78, 5) is 17.4. The first-order valence-corrected chi connectivity index (χ1v) is 12.4. The summed E-state index contributed by atoms with van der Waals surface area (Å²) in [7, 11) is -3.66. The smallest absolute Gasteiger partial charge is 0.257 e. The van der Waals surface area contributed by atoms with Crippen LogP contribution < -0.4 is 5.32 Å². The van der Waals surface area contributed by atoms with E-state index in [1.54, 1.807) is 23.4 Å². The molecule has 1 unspecified atom stereocenters. The van der Waals surface area contributed by atoms with Gasteiger partial charge in [0.15, 0.2) is 5.82 Å². The number of benzene rings is 2. The first-order valence-electron chi connectivity index (χ1n) is 10.2. The van der Waals surface area contributed by atoms with Crippen LogP contribution in [-0.2, 0) is 10.0 Å². The number of nitrogens with one attached hydrogen (secondary N) is 1. The number of nitrogens with zero attached hydrogens (tertiary/aromatic N) is 3. The molecule has 7 nitrogen and oxygen atoms in total. The maximum absolute atomic E-state index is 13.2. The summed E-state index contributed by atoms with van der Waals surface area (Å²) in [5.41, 5.74) is 1.86. The van der Waals surface area contributed by atoms with Crippen molar-refractivity contribution in [2.24, 2.45) is 0 Å². The second-order valence-corrected chi connectivity index (χ2v) is 10.3. The molecule has 0 bridgehead atoms. The number of hydrogen-bond acceptors (Lipinski definition) is 6. The van der Waals surface area contributed by atoms with Gasteiger partial charge in [-0.3, -0.25) is 10.1 Å². The molecule has 1 atom stereocenters. The summed E-state index contributed by atoms with van der Waals surface area (Å²) in [5.74, 6) is 0.130. The number of rotatable bonds is 5. The fourth-order valence-corrected chi connectivity index (χ4v) is 6.02. The monoisotopic (exact) mass is 456 g/mol. The van der Waals surface area contributed by atoms with Gasteiger partial charge in [0, 0.05) is 35.2 Å². The number of carbonyl (C=O) groups excluding carboxylic acids is 1. The van der Waals surface area contributed by atoms with Crippen molar-refractivity contribution in [2.45, 2.75) is 44.0 Å². The van der Waals surface area contributed by atoms with Gasteiger partial charge in [0.2, 0.25) is 15.2 Å². The van der Waals surface area contributed by atoms with Gasteiger partial charge in [0.1, 0.15) is 0 Å². The van der Waals surface area contributed by atoms with Gasteiger partial charge in [-0.15, -0.1) is 0 Å². The standard InChI is InChI=1S/C22H24N4O3S2/c1-15-11-12-18(31(28,29)26-13-7-6-8-16(26)2)14-19(15)21(27)24-22-23-20(25-30-22)17-9-4-3-5-10-17/h3-5,9-12,14,16H,6-8,13H2,1-2H3,(H,23,24,25,27). The zero-order valence-electron chi connectivity index (χ0n) is 17.4. The number of aryl methyl sites for hydroxylation is 1. The number of piperidine rings is 1. The summed E-state index contributed by atoms with van der Waals surface area (Å²) < 4.78 is 32.2. The predicted molar refractivity (Wildman–Crippen MR) is 122 cm³/mol. The summed E-state index contributed by atoms with van der Waals surface area (Å²) in [6, 6.07) is 14.2. The molecular formula is C22H24N4O3S2. The van der Waals surface area contributed by atoms with Gasteiger partial charge in [-0.05, 0) is 44.4 Å². The van der Waals surface area contributed by atoms with Gasteiger partial charge < -0.3 is 0 Å². The van der Waals surface area contributed by atoms with Gasteiger partial charge in [0.25, 0.3) is 5.91 Å². The summed E-state index contributed by atoms with van der Waals surface area (Å²) in [6.45, 7) is 4.22. The van der Waals surface area contributed by atoms with E-state index in [1.807, 2.05) is 37.3 Å². The van der Waals surface area contributed by atoms with E-state index in [0.717, 1.165) is 36.4 Å². The zero-order valence-corrected chi connectivity index (χ0v) is 19.0. The van der Waals surface area contributed by atoms with E-state index >= 15 is 0 Å². The van der Waals surface area contributed by atoms with Crippen LogP contribution in [-0.4, -0.2) is 40.6 Å². The third-order valence-electron chi connectivity index (χ3n) is 5.48. The summed E-state index contributed by atoms with van der Waals surface area (Å²) in [6.07, 6.45) is 2.73. The first kappa shape index (κ1) is 21.6. The lowest BCUT2D eigenvalue weighted by Gasteiger charge is -2.32. The molecule has 2 heterocycles. The van der Waals surface area contributed by atoms with Crippen LogP contribution >= 0.6 is 11.5 Å². The Bertz CT molecular complexity index is 1190. The molecule has 162 valence electrons. The van der Waals surface area contributed by atoms with Crippen LogP contribution in [0.5, 0.6) is 0 Å². The number of carbonyl (C=O) groups is 1. The van der Waals surface area contributed by atoms with Crippen LogP contribution in [0.15, 0.2) is 53.4 Å². The van der Waals surface area contributed by atoms with Gasteiger partial charge in [-0.2, -0.15) is 13.7 Å². The molecule has 3 aromatic rings. The summed E-state index contributed by atoms with van der Waals surface area (Å²) in [5, 5.41) is 3.12. The highest BCUT2D eigenvalue weighted by atomic mass is 32.2. The lowest BCUT2D eigenvalue weighted by atomic mass is 10.1. The molecule has 1 aliphatic rings. The minimum atomic E-state index is -3.66. The van der Waals surface area contributed by atoms with Crippen LogP contribution in [0, 0.1) is 6.92 Å². The highest BCUT2D eigenvalue weighted by Crippen LogP contribution is 2.27. The molecule has 0 radical (unpaired) electrons. The molecule has 0 spiro atoms. The molecule has 4 rings (SSSR count). The molecule has 2 aromatic carbocycles. The topological polar surface area (TPSA) is 92.3 Å². The molecule has 31 heavy (non-hydrogen) atoms. The molecule has 1 fully saturated rings. The van der Waals surface area contributed by atoms with Crippen LogP contribution in [0.3, 0.4) is 0 Å². The van der Waals surface area contributed by atoms with Crippen LogP contribution in [0.4, 0.5) is 5.13 Å². The average molecular weight is 457 g/mol. The van der Waals surface area contributed by atoms with Gasteiger partial charge in [-0.1, -0.05) is 42.8 Å². The molecule has 0 aliphatic carbocycles. The first-order chi connectivity index (χ1) is 14.9. The maximum atomic E-state index is 13.2. The number of amides is 1. The fourth-order valence-electron chi connectivity index (χ4n) is 3.71. The maximum Gasteiger partial charge on any atom is 0.257 e. The van der Waals surface area contributed by atoms with Crippen molar-refractivity contribution in [1.29, 1.82) is 0 Å². The van der Waals surface area contributed by atoms with Crippen molar-refractivity contribution >= 4 is 32.6 Å². The normalized spacial score (nSPS) is 17.4. The molecule has 1 amide bonds. The fraction of sp³-hybridized carbons (Fsp3) is 0.318. The molecule has 1 N–H and O–H groups in total. The van der Waals surface area contributed by atoms with Gasteiger partial charge in [0.05, 0.1) is 4.90 Å². The van der Waals surface area contributed by atoms with Crippen molar-refractivity contribution in [1.82, 2.24) is 13.7 Å². The molecule has 1 aliphatic heterocycles. The quantitative estimate of drug-likeness (QED) is 0.617. The van der Waals surface area contributed by atoms with E-state index in [4.69, 9.17) is 0 Å². The van der Waals surface area contributed by atoms with Crippen LogP contribution in [0.2, 0.25) is 0 Å². The SMILES string of the molecule is Cc1ccc(S(=O)(=O)N2CCCCC2C)cc1C(=O)Nc1nc(-c2ccccc2)ns1. The Morgan fingerprint density at radius 3 is 2.68 bits per heavy atom. The highest BCUT2D eigenvalue weighted by Gasteiger charge is 2.31. The van der Waals surface area contributed by atoms with Crippen molar-refractivity contribution in [3.63, 3.8) is 0 Å². The van der Waals surface area contributed by atoms with Crippen LogP contribution in [0.25, 0.3) is 11.4 Å². The average Bonchev–Trinajstić information content (AvgIpc) is 3.23. The lowest BCUT2D eigenvalue weighted by molar-refractivity contribution is 0.102. The minimum Gasteiger partial charge on any atom is -0.297 e. The Morgan fingerprint density at radius 2 is 1.94 bits per heavy atom. The molecule has 0 saturated carbocycles. The Labute approximate surface area is 186 Å². The molecular weight excluding hydrogens is 432 g/mol. The van der Waals surface area contributed by atoms with E-state index in [2.05, 4.69) is 14.7 Å². The highest BCUT2D eigenvalue weighted by molar-refractivity contribution is 7.89. The largest absolute Gasteiger partial charge is 0.297 e. The van der Waals surface area contributed by atoms with Crippen molar-refractivity contribution < 1.29 is 13.2 Å². The number of aromatic nitrogens is 2. The van der Waals surface area contributed by atoms with Crippen molar-refractivity contribution in [2.75, 3.05) is 11.9 Å². The number of hydrogen-bond donors (Lipinski definition) is 1. The molecule has 1 aromatic heterocycles. The second kappa shape index (κ2) is 8.86. The van der Waals surface area contributed by atoms with Crippen molar-refractivity contribution in [3.8, 4) is 11.4 Å². The third-order valence-corrected chi connectivity index (χ3v) is 8.12. The summed E-state index contributed by atoms with van der Waals surface area (Å²) >= 11 is 1.09. The predicted octanol–water partition coefficient (Wildman–Crippen LogP) is 4.33. The van der Waals surface area contributed by atoms with E-state index in [-0.39, 0.29) is 10.9 Å². The Morgan fingerprint density at radius 1 is 1.16 bits per heavy atom.